The number of benzene rings is 1. The van der Waals surface area contributed by atoms with Crippen LogP contribution >= 0.6 is 0 Å². The lowest BCUT2D eigenvalue weighted by Gasteiger charge is -2.12. The predicted octanol–water partition coefficient (Wildman–Crippen LogP) is 2.66. The summed E-state index contributed by atoms with van der Waals surface area (Å²) in [5, 5.41) is 0. The minimum Gasteiger partial charge on any atom is -0.380 e. The highest BCUT2D eigenvalue weighted by Crippen LogP contribution is 2.23. The molecule has 0 radical (unpaired) electrons. The number of hydrogen-bond acceptors (Lipinski definition) is 2. The second-order valence-corrected chi connectivity index (χ2v) is 3.56. The summed E-state index contributed by atoms with van der Waals surface area (Å²) in [7, 11) is 1.53. The highest BCUT2D eigenvalue weighted by atomic mass is 19.1. The standard InChI is InChI=1S/C12H15FO2/c1-9(6-7-14)11-5-3-4-10(8-15-2)12(11)13/h3-5,7,9H,6,8H2,1-2H3. The van der Waals surface area contributed by atoms with Crippen LogP contribution in [0.2, 0.25) is 0 Å². The lowest BCUT2D eigenvalue weighted by atomic mass is 9.96. The molecular weight excluding hydrogens is 195 g/mol. The lowest BCUT2D eigenvalue weighted by molar-refractivity contribution is -0.108. The van der Waals surface area contributed by atoms with E-state index in [1.807, 2.05) is 6.92 Å². The first-order valence-electron chi connectivity index (χ1n) is 4.90. The average molecular weight is 210 g/mol. The van der Waals surface area contributed by atoms with Gasteiger partial charge in [-0.3, -0.25) is 0 Å². The van der Waals surface area contributed by atoms with Gasteiger partial charge in [-0.2, -0.15) is 0 Å². The minimum absolute atomic E-state index is 0.0840. The third kappa shape index (κ3) is 2.86. The van der Waals surface area contributed by atoms with E-state index in [0.29, 0.717) is 17.5 Å². The first-order valence-corrected chi connectivity index (χ1v) is 4.90. The van der Waals surface area contributed by atoms with Crippen molar-refractivity contribution in [3.05, 3.63) is 35.1 Å². The maximum Gasteiger partial charge on any atom is 0.132 e. The summed E-state index contributed by atoms with van der Waals surface area (Å²) in [6, 6.07) is 5.19. The van der Waals surface area contributed by atoms with Crippen molar-refractivity contribution in [2.24, 2.45) is 0 Å². The lowest BCUT2D eigenvalue weighted by Crippen LogP contribution is -2.02. The van der Waals surface area contributed by atoms with Gasteiger partial charge in [-0.05, 0) is 11.5 Å². The van der Waals surface area contributed by atoms with Crippen LogP contribution in [0, 0.1) is 5.82 Å². The van der Waals surface area contributed by atoms with Crippen molar-refractivity contribution >= 4 is 6.29 Å². The normalized spacial score (nSPS) is 12.5. The van der Waals surface area contributed by atoms with Gasteiger partial charge >= 0.3 is 0 Å². The predicted molar refractivity (Wildman–Crippen MR) is 56.2 cm³/mol. The fraction of sp³-hybridized carbons (Fsp3) is 0.417. The second kappa shape index (κ2) is 5.61. The molecule has 2 nitrogen and oxygen atoms in total. The number of carbonyl (C=O) groups excluding carboxylic acids is 1. The SMILES string of the molecule is COCc1cccc(C(C)CC=O)c1F. The summed E-state index contributed by atoms with van der Waals surface area (Å²) in [5.41, 5.74) is 1.12. The van der Waals surface area contributed by atoms with Crippen molar-refractivity contribution < 1.29 is 13.9 Å². The molecule has 1 aromatic rings. The van der Waals surface area contributed by atoms with Crippen LogP contribution < -0.4 is 0 Å². The molecule has 0 saturated heterocycles. The third-order valence-corrected chi connectivity index (χ3v) is 2.39. The van der Waals surface area contributed by atoms with Gasteiger partial charge in [0.25, 0.3) is 0 Å². The molecule has 0 aliphatic carbocycles. The molecule has 15 heavy (non-hydrogen) atoms. The molecule has 0 fully saturated rings. The van der Waals surface area contributed by atoms with Crippen molar-refractivity contribution in [2.45, 2.75) is 25.9 Å². The summed E-state index contributed by atoms with van der Waals surface area (Å²) < 4.78 is 18.7. The van der Waals surface area contributed by atoms with E-state index in [9.17, 15) is 9.18 Å². The Balaban J connectivity index is 2.97. The summed E-state index contributed by atoms with van der Waals surface area (Å²) >= 11 is 0. The molecule has 0 saturated carbocycles. The van der Waals surface area contributed by atoms with Crippen molar-refractivity contribution in [1.82, 2.24) is 0 Å². The van der Waals surface area contributed by atoms with Gasteiger partial charge in [-0.15, -0.1) is 0 Å². The van der Waals surface area contributed by atoms with Crippen LogP contribution in [0.25, 0.3) is 0 Å². The first kappa shape index (κ1) is 11.9. The van der Waals surface area contributed by atoms with Gasteiger partial charge < -0.3 is 9.53 Å². The fourth-order valence-electron chi connectivity index (χ4n) is 1.52. The first-order chi connectivity index (χ1) is 7.20. The Kier molecular flexibility index (Phi) is 4.43. The van der Waals surface area contributed by atoms with E-state index in [4.69, 9.17) is 4.74 Å². The number of rotatable bonds is 5. The molecule has 0 spiro atoms. The largest absolute Gasteiger partial charge is 0.380 e. The summed E-state index contributed by atoms with van der Waals surface area (Å²) in [6.07, 6.45) is 1.15. The Morgan fingerprint density at radius 1 is 1.53 bits per heavy atom. The molecule has 0 aliphatic rings. The van der Waals surface area contributed by atoms with E-state index in [1.54, 1.807) is 18.2 Å². The Morgan fingerprint density at radius 2 is 2.27 bits per heavy atom. The zero-order chi connectivity index (χ0) is 11.3. The molecule has 0 heterocycles. The van der Waals surface area contributed by atoms with Gasteiger partial charge in [0, 0.05) is 19.1 Å². The maximum atomic E-state index is 13.8. The summed E-state index contributed by atoms with van der Waals surface area (Å²) in [6.45, 7) is 2.09. The van der Waals surface area contributed by atoms with Gasteiger partial charge in [-0.1, -0.05) is 25.1 Å². The van der Waals surface area contributed by atoms with Gasteiger partial charge in [0.05, 0.1) is 6.61 Å². The van der Waals surface area contributed by atoms with Crippen LogP contribution in [-0.2, 0) is 16.1 Å². The van der Waals surface area contributed by atoms with Crippen molar-refractivity contribution in [3.8, 4) is 0 Å². The fourth-order valence-corrected chi connectivity index (χ4v) is 1.52. The van der Waals surface area contributed by atoms with Gasteiger partial charge in [0.1, 0.15) is 12.1 Å². The van der Waals surface area contributed by atoms with E-state index in [1.165, 1.54) is 7.11 Å². The topological polar surface area (TPSA) is 26.3 Å². The Bertz CT molecular complexity index is 336. The average Bonchev–Trinajstić information content (AvgIpc) is 2.22. The van der Waals surface area contributed by atoms with E-state index >= 15 is 0 Å². The number of ether oxygens (including phenoxy) is 1. The molecule has 3 heteroatoms. The van der Waals surface area contributed by atoms with Crippen LogP contribution in [0.1, 0.15) is 30.4 Å². The number of halogens is 1. The number of carbonyl (C=O) groups is 1. The monoisotopic (exact) mass is 210 g/mol. The van der Waals surface area contributed by atoms with Crippen LogP contribution in [0.15, 0.2) is 18.2 Å². The van der Waals surface area contributed by atoms with E-state index in [2.05, 4.69) is 0 Å². The molecule has 1 aromatic carbocycles. The molecule has 0 bridgehead atoms. The molecular formula is C12H15FO2. The number of methoxy groups -OCH3 is 1. The summed E-state index contributed by atoms with van der Waals surface area (Å²) in [5.74, 6) is -0.340. The van der Waals surface area contributed by atoms with Crippen molar-refractivity contribution in [1.29, 1.82) is 0 Å². The Labute approximate surface area is 89.1 Å². The highest BCUT2D eigenvalue weighted by Gasteiger charge is 2.13. The quantitative estimate of drug-likeness (QED) is 0.698. The van der Waals surface area contributed by atoms with Gasteiger partial charge in [-0.25, -0.2) is 4.39 Å². The smallest absolute Gasteiger partial charge is 0.132 e. The summed E-state index contributed by atoms with van der Waals surface area (Å²) in [4.78, 5) is 10.4. The maximum absolute atomic E-state index is 13.8. The third-order valence-electron chi connectivity index (χ3n) is 2.39. The zero-order valence-electron chi connectivity index (χ0n) is 9.00. The van der Waals surface area contributed by atoms with Crippen molar-refractivity contribution in [2.75, 3.05) is 7.11 Å². The zero-order valence-corrected chi connectivity index (χ0v) is 9.00. The minimum atomic E-state index is -0.256. The molecule has 0 aromatic heterocycles. The molecule has 1 rings (SSSR count). The van der Waals surface area contributed by atoms with Gasteiger partial charge in [0.2, 0.25) is 0 Å². The van der Waals surface area contributed by atoms with E-state index in [0.717, 1.165) is 6.29 Å². The van der Waals surface area contributed by atoms with Crippen LogP contribution in [0.3, 0.4) is 0 Å². The van der Waals surface area contributed by atoms with Crippen LogP contribution in [0.4, 0.5) is 4.39 Å². The van der Waals surface area contributed by atoms with Crippen molar-refractivity contribution in [3.63, 3.8) is 0 Å². The molecule has 0 aliphatic heterocycles. The molecule has 0 N–H and O–H groups in total. The second-order valence-electron chi connectivity index (χ2n) is 3.56. The number of hydrogen-bond donors (Lipinski definition) is 0. The molecule has 82 valence electrons. The number of aldehydes is 1. The molecule has 1 unspecified atom stereocenters. The Morgan fingerprint density at radius 3 is 2.87 bits per heavy atom. The van der Waals surface area contributed by atoms with E-state index in [-0.39, 0.29) is 18.3 Å². The molecule has 1 atom stereocenters. The van der Waals surface area contributed by atoms with Crippen LogP contribution in [-0.4, -0.2) is 13.4 Å². The Hall–Kier alpha value is -1.22. The van der Waals surface area contributed by atoms with Gasteiger partial charge in [0.15, 0.2) is 0 Å². The molecule has 0 amide bonds. The highest BCUT2D eigenvalue weighted by molar-refractivity contribution is 5.51. The van der Waals surface area contributed by atoms with Crippen LogP contribution in [0.5, 0.6) is 0 Å². The van der Waals surface area contributed by atoms with E-state index < -0.39 is 0 Å².